The molecule has 1 aliphatic heterocycles. The summed E-state index contributed by atoms with van der Waals surface area (Å²) in [5.41, 5.74) is 1.00. The molecule has 3 nitrogen and oxygen atoms in total. The third-order valence-corrected chi connectivity index (χ3v) is 3.36. The van der Waals surface area contributed by atoms with Gasteiger partial charge >= 0.3 is 0 Å². The summed E-state index contributed by atoms with van der Waals surface area (Å²) in [6.45, 7) is 5.91. The number of hydrogen-bond acceptors (Lipinski definition) is 2. The van der Waals surface area contributed by atoms with Crippen LogP contribution in [0.3, 0.4) is 0 Å². The van der Waals surface area contributed by atoms with Crippen LogP contribution in [0.2, 0.25) is 0 Å². The SMILES string of the molecule is CC(=O)N1CCN(CC=Cc2ccc(F)cc2)CC1. The molecule has 1 aromatic carbocycles. The molecular weight excluding hydrogens is 243 g/mol. The lowest BCUT2D eigenvalue weighted by atomic mass is 10.2. The van der Waals surface area contributed by atoms with Crippen molar-refractivity contribution >= 4 is 12.0 Å². The van der Waals surface area contributed by atoms with Crippen LogP contribution in [0.1, 0.15) is 12.5 Å². The van der Waals surface area contributed by atoms with E-state index >= 15 is 0 Å². The van der Waals surface area contributed by atoms with Gasteiger partial charge in [0.1, 0.15) is 5.82 Å². The number of rotatable bonds is 3. The maximum absolute atomic E-state index is 12.7. The zero-order valence-electron chi connectivity index (χ0n) is 11.2. The number of benzene rings is 1. The highest BCUT2D eigenvalue weighted by Gasteiger charge is 2.16. The molecule has 4 heteroatoms. The molecule has 0 unspecified atom stereocenters. The van der Waals surface area contributed by atoms with Crippen molar-refractivity contribution in [2.24, 2.45) is 0 Å². The van der Waals surface area contributed by atoms with E-state index in [1.54, 1.807) is 19.1 Å². The second-order valence-electron chi connectivity index (χ2n) is 4.76. The van der Waals surface area contributed by atoms with Crippen molar-refractivity contribution in [2.45, 2.75) is 6.92 Å². The van der Waals surface area contributed by atoms with Crippen LogP contribution in [-0.4, -0.2) is 48.4 Å². The molecule has 1 amide bonds. The molecular formula is C15H19FN2O. The Bertz CT molecular complexity index is 448. The first-order chi connectivity index (χ1) is 9.15. The Kier molecular flexibility index (Phi) is 4.68. The Balaban J connectivity index is 1.77. The van der Waals surface area contributed by atoms with Gasteiger partial charge in [0.15, 0.2) is 0 Å². The minimum absolute atomic E-state index is 0.154. The van der Waals surface area contributed by atoms with E-state index in [0.29, 0.717) is 0 Å². The minimum atomic E-state index is -0.211. The smallest absolute Gasteiger partial charge is 0.219 e. The molecule has 102 valence electrons. The second-order valence-corrected chi connectivity index (χ2v) is 4.76. The summed E-state index contributed by atoms with van der Waals surface area (Å²) >= 11 is 0. The van der Waals surface area contributed by atoms with Gasteiger partial charge in [-0.1, -0.05) is 24.3 Å². The second kappa shape index (κ2) is 6.48. The lowest BCUT2D eigenvalue weighted by Crippen LogP contribution is -2.47. The summed E-state index contributed by atoms with van der Waals surface area (Å²) < 4.78 is 12.7. The van der Waals surface area contributed by atoms with Crippen molar-refractivity contribution in [3.63, 3.8) is 0 Å². The molecule has 2 rings (SSSR count). The Morgan fingerprint density at radius 2 is 1.84 bits per heavy atom. The van der Waals surface area contributed by atoms with Gasteiger partial charge in [-0.3, -0.25) is 9.69 Å². The van der Waals surface area contributed by atoms with Gasteiger partial charge in [-0.2, -0.15) is 0 Å². The zero-order valence-corrected chi connectivity index (χ0v) is 11.2. The Morgan fingerprint density at radius 1 is 1.21 bits per heavy atom. The monoisotopic (exact) mass is 262 g/mol. The van der Waals surface area contributed by atoms with Gasteiger partial charge in [0.05, 0.1) is 0 Å². The summed E-state index contributed by atoms with van der Waals surface area (Å²) in [5, 5.41) is 0. The molecule has 19 heavy (non-hydrogen) atoms. The van der Waals surface area contributed by atoms with Gasteiger partial charge in [-0.05, 0) is 17.7 Å². The summed E-state index contributed by atoms with van der Waals surface area (Å²) in [7, 11) is 0. The molecule has 0 spiro atoms. The number of amides is 1. The van der Waals surface area contributed by atoms with Crippen LogP contribution in [0.4, 0.5) is 4.39 Å². The van der Waals surface area contributed by atoms with Crippen molar-refractivity contribution in [3.8, 4) is 0 Å². The van der Waals surface area contributed by atoms with Gasteiger partial charge in [0, 0.05) is 39.6 Å². The molecule has 0 aromatic heterocycles. The summed E-state index contributed by atoms with van der Waals surface area (Å²) in [4.78, 5) is 15.4. The topological polar surface area (TPSA) is 23.6 Å². The average molecular weight is 262 g/mol. The maximum atomic E-state index is 12.7. The molecule has 0 saturated carbocycles. The molecule has 1 saturated heterocycles. The lowest BCUT2D eigenvalue weighted by molar-refractivity contribution is -0.130. The van der Waals surface area contributed by atoms with E-state index in [9.17, 15) is 9.18 Å². The van der Waals surface area contributed by atoms with E-state index in [4.69, 9.17) is 0 Å². The molecule has 1 aliphatic rings. The van der Waals surface area contributed by atoms with Gasteiger partial charge < -0.3 is 4.90 Å². The Labute approximate surface area is 113 Å². The van der Waals surface area contributed by atoms with E-state index in [-0.39, 0.29) is 11.7 Å². The highest BCUT2D eigenvalue weighted by atomic mass is 19.1. The van der Waals surface area contributed by atoms with Crippen LogP contribution in [0.5, 0.6) is 0 Å². The van der Waals surface area contributed by atoms with Gasteiger partial charge in [-0.15, -0.1) is 0 Å². The van der Waals surface area contributed by atoms with Gasteiger partial charge in [-0.25, -0.2) is 4.39 Å². The Morgan fingerprint density at radius 3 is 2.42 bits per heavy atom. The van der Waals surface area contributed by atoms with E-state index in [0.717, 1.165) is 38.3 Å². The van der Waals surface area contributed by atoms with E-state index in [1.807, 2.05) is 11.0 Å². The van der Waals surface area contributed by atoms with Crippen molar-refractivity contribution in [1.82, 2.24) is 9.80 Å². The van der Waals surface area contributed by atoms with Crippen molar-refractivity contribution in [2.75, 3.05) is 32.7 Å². The largest absolute Gasteiger partial charge is 0.340 e. The van der Waals surface area contributed by atoms with Crippen molar-refractivity contribution in [3.05, 3.63) is 41.7 Å². The predicted octanol–water partition coefficient (Wildman–Crippen LogP) is 2.00. The van der Waals surface area contributed by atoms with Crippen LogP contribution >= 0.6 is 0 Å². The fourth-order valence-electron chi connectivity index (χ4n) is 2.16. The molecule has 0 bridgehead atoms. The third kappa shape index (κ3) is 4.17. The molecule has 1 heterocycles. The number of hydrogen-bond donors (Lipinski definition) is 0. The summed E-state index contributed by atoms with van der Waals surface area (Å²) in [5.74, 6) is -0.0565. The number of carbonyl (C=O) groups excluding carboxylic acids is 1. The summed E-state index contributed by atoms with van der Waals surface area (Å²) in [6.07, 6.45) is 4.08. The van der Waals surface area contributed by atoms with E-state index in [1.165, 1.54) is 12.1 Å². The zero-order chi connectivity index (χ0) is 13.7. The highest BCUT2D eigenvalue weighted by molar-refractivity contribution is 5.73. The molecule has 0 atom stereocenters. The van der Waals surface area contributed by atoms with Crippen LogP contribution in [-0.2, 0) is 4.79 Å². The van der Waals surface area contributed by atoms with Crippen LogP contribution in [0.15, 0.2) is 30.3 Å². The molecule has 1 aromatic rings. The standard InChI is InChI=1S/C15H19FN2O/c1-13(19)18-11-9-17(10-12-18)8-2-3-14-4-6-15(16)7-5-14/h2-7H,8-12H2,1H3. The first-order valence-corrected chi connectivity index (χ1v) is 6.55. The van der Waals surface area contributed by atoms with Crippen LogP contribution < -0.4 is 0 Å². The first kappa shape index (κ1) is 13.7. The van der Waals surface area contributed by atoms with Crippen molar-refractivity contribution in [1.29, 1.82) is 0 Å². The van der Waals surface area contributed by atoms with E-state index in [2.05, 4.69) is 11.0 Å². The van der Waals surface area contributed by atoms with Gasteiger partial charge in [0.25, 0.3) is 0 Å². The average Bonchev–Trinajstić information content (AvgIpc) is 2.41. The number of carbonyl (C=O) groups is 1. The normalized spacial score (nSPS) is 17.1. The summed E-state index contributed by atoms with van der Waals surface area (Å²) in [6, 6.07) is 6.45. The fourth-order valence-corrected chi connectivity index (χ4v) is 2.16. The number of piperazine rings is 1. The maximum Gasteiger partial charge on any atom is 0.219 e. The Hall–Kier alpha value is -1.68. The molecule has 0 radical (unpaired) electrons. The lowest BCUT2D eigenvalue weighted by Gasteiger charge is -2.33. The van der Waals surface area contributed by atoms with Crippen LogP contribution in [0.25, 0.3) is 6.08 Å². The quantitative estimate of drug-likeness (QED) is 0.832. The molecule has 0 N–H and O–H groups in total. The third-order valence-electron chi connectivity index (χ3n) is 3.36. The highest BCUT2D eigenvalue weighted by Crippen LogP contribution is 2.06. The van der Waals surface area contributed by atoms with E-state index < -0.39 is 0 Å². The molecule has 1 fully saturated rings. The van der Waals surface area contributed by atoms with Crippen LogP contribution in [0, 0.1) is 5.82 Å². The number of nitrogens with zero attached hydrogens (tertiary/aromatic N) is 2. The number of halogens is 1. The first-order valence-electron chi connectivity index (χ1n) is 6.55. The van der Waals surface area contributed by atoms with Gasteiger partial charge in [0.2, 0.25) is 5.91 Å². The minimum Gasteiger partial charge on any atom is -0.340 e. The fraction of sp³-hybridized carbons (Fsp3) is 0.400. The molecule has 0 aliphatic carbocycles. The van der Waals surface area contributed by atoms with Crippen molar-refractivity contribution < 1.29 is 9.18 Å². The predicted molar refractivity (Wildman–Crippen MR) is 74.1 cm³/mol.